The first-order valence-corrected chi connectivity index (χ1v) is 11.4. The van der Waals surface area contributed by atoms with E-state index in [1.807, 2.05) is 55.5 Å². The highest BCUT2D eigenvalue weighted by atomic mass is 35.5. The fraction of sp³-hybridized carbons (Fsp3) is 0.160. The Labute approximate surface area is 206 Å². The third-order valence-corrected chi connectivity index (χ3v) is 6.40. The summed E-state index contributed by atoms with van der Waals surface area (Å²) < 4.78 is 3.50. The van der Waals surface area contributed by atoms with E-state index in [1.54, 1.807) is 33.5 Å². The minimum atomic E-state index is -0.887. The van der Waals surface area contributed by atoms with Gasteiger partial charge in [-0.25, -0.2) is 5.53 Å². The lowest BCUT2D eigenvalue weighted by molar-refractivity contribution is 0.155. The Bertz CT molecular complexity index is 1440. The number of hydrogen-bond donors (Lipinski definition) is 4. The van der Waals surface area contributed by atoms with Crippen LogP contribution in [0.15, 0.2) is 83.7 Å². The number of anilines is 1. The van der Waals surface area contributed by atoms with Crippen LogP contribution in [0.2, 0.25) is 10.0 Å². The van der Waals surface area contributed by atoms with Crippen molar-refractivity contribution < 1.29 is 5.11 Å². The van der Waals surface area contributed by atoms with Crippen LogP contribution in [0.25, 0.3) is 11.0 Å². The van der Waals surface area contributed by atoms with Crippen molar-refractivity contribution in [2.75, 3.05) is 5.32 Å². The molecule has 4 N–H and O–H groups in total. The van der Waals surface area contributed by atoms with Crippen LogP contribution in [-0.4, -0.2) is 14.2 Å². The topological polar surface area (TPSA) is 102 Å². The van der Waals surface area contributed by atoms with E-state index in [0.29, 0.717) is 21.3 Å². The lowest BCUT2D eigenvalue weighted by atomic mass is 10.1. The summed E-state index contributed by atoms with van der Waals surface area (Å²) in [7, 11) is 0. The summed E-state index contributed by atoms with van der Waals surface area (Å²) in [5, 5.41) is 27.3. The van der Waals surface area contributed by atoms with Crippen molar-refractivity contribution in [1.29, 1.82) is 10.9 Å². The highest BCUT2D eigenvalue weighted by Gasteiger charge is 2.17. The molecular formula is C25H24Cl2N6O. The third kappa shape index (κ3) is 4.92. The summed E-state index contributed by atoms with van der Waals surface area (Å²) in [5.74, 6) is 0. The number of nitrogens with one attached hydrogen (secondary N) is 3. The van der Waals surface area contributed by atoms with Gasteiger partial charge in [0.25, 0.3) is 0 Å². The average molecular weight is 495 g/mol. The van der Waals surface area contributed by atoms with Gasteiger partial charge in [0.05, 0.1) is 46.0 Å². The standard InChI is InChI=1S/C25H24Cl2N6O/c1-16-6-2-3-7-21(16)30-13-18(31-29)14-32-22-8-4-5-9-23(22)33(25(32)28)15-24(34)17-10-11-19(26)20(27)12-17/h2-13,24,28-30,34H,14-15H2,1H3/b18-13-,28-25?,31-29?. The normalized spacial score (nSPS) is 12.6. The van der Waals surface area contributed by atoms with E-state index in [0.717, 1.165) is 22.3 Å². The zero-order chi connectivity index (χ0) is 24.2. The molecule has 4 aromatic rings. The summed E-state index contributed by atoms with van der Waals surface area (Å²) in [6.07, 6.45) is 0.792. The van der Waals surface area contributed by atoms with Gasteiger partial charge in [-0.2, -0.15) is 5.11 Å². The molecule has 0 spiro atoms. The van der Waals surface area contributed by atoms with Gasteiger partial charge in [0.1, 0.15) is 0 Å². The number of benzene rings is 3. The van der Waals surface area contributed by atoms with E-state index in [1.165, 1.54) is 0 Å². The van der Waals surface area contributed by atoms with Crippen molar-refractivity contribution in [2.24, 2.45) is 5.11 Å². The minimum Gasteiger partial charge on any atom is -0.387 e. The first-order chi connectivity index (χ1) is 16.4. The van der Waals surface area contributed by atoms with E-state index in [9.17, 15) is 5.11 Å². The summed E-state index contributed by atoms with van der Waals surface area (Å²) in [6.45, 7) is 2.37. The Balaban J connectivity index is 1.66. The van der Waals surface area contributed by atoms with Crippen molar-refractivity contribution in [1.82, 2.24) is 9.13 Å². The van der Waals surface area contributed by atoms with Gasteiger partial charge in [0.15, 0.2) is 0 Å². The van der Waals surface area contributed by atoms with Gasteiger partial charge in [-0.1, -0.05) is 59.6 Å². The minimum absolute atomic E-state index is 0.156. The molecule has 7 nitrogen and oxygen atoms in total. The van der Waals surface area contributed by atoms with Crippen molar-refractivity contribution in [3.05, 3.63) is 105 Å². The number of aromatic nitrogens is 2. The molecular weight excluding hydrogens is 471 g/mol. The van der Waals surface area contributed by atoms with Crippen LogP contribution in [-0.2, 0) is 13.1 Å². The highest BCUT2D eigenvalue weighted by molar-refractivity contribution is 6.42. The number of para-hydroxylation sites is 3. The molecule has 0 amide bonds. The molecule has 0 aliphatic carbocycles. The number of nitrogens with zero attached hydrogens (tertiary/aromatic N) is 3. The molecule has 3 aromatic carbocycles. The molecule has 0 fully saturated rings. The maximum absolute atomic E-state index is 10.9. The predicted molar refractivity (Wildman–Crippen MR) is 135 cm³/mol. The van der Waals surface area contributed by atoms with Gasteiger partial charge in [0, 0.05) is 11.9 Å². The van der Waals surface area contributed by atoms with E-state index in [2.05, 4.69) is 10.4 Å². The fourth-order valence-electron chi connectivity index (χ4n) is 3.81. The monoisotopic (exact) mass is 494 g/mol. The van der Waals surface area contributed by atoms with E-state index in [-0.39, 0.29) is 18.7 Å². The number of aliphatic hydroxyl groups is 1. The molecule has 0 aliphatic heterocycles. The molecule has 1 unspecified atom stereocenters. The zero-order valence-corrected chi connectivity index (χ0v) is 20.0. The Hall–Kier alpha value is -3.39. The Morgan fingerprint density at radius 1 is 1.03 bits per heavy atom. The largest absolute Gasteiger partial charge is 0.387 e. The Morgan fingerprint density at radius 3 is 2.38 bits per heavy atom. The lowest BCUT2D eigenvalue weighted by Gasteiger charge is -2.13. The number of rotatable bonds is 8. The number of halogens is 2. The first-order valence-electron chi connectivity index (χ1n) is 10.6. The van der Waals surface area contributed by atoms with Crippen LogP contribution in [0.1, 0.15) is 17.2 Å². The molecule has 0 radical (unpaired) electrons. The van der Waals surface area contributed by atoms with E-state index < -0.39 is 6.10 Å². The molecule has 0 saturated carbocycles. The maximum Gasteiger partial charge on any atom is 0.203 e. The predicted octanol–water partition coefficient (Wildman–Crippen LogP) is 6.26. The Morgan fingerprint density at radius 2 is 1.71 bits per heavy atom. The van der Waals surface area contributed by atoms with Crippen molar-refractivity contribution in [2.45, 2.75) is 26.1 Å². The summed E-state index contributed by atoms with van der Waals surface area (Å²) in [4.78, 5) is 0. The number of allylic oxidation sites excluding steroid dienone is 1. The van der Waals surface area contributed by atoms with Crippen molar-refractivity contribution in [3.8, 4) is 0 Å². The quantitative estimate of drug-likeness (QED) is 0.217. The number of aliphatic hydroxyl groups excluding tert-OH is 1. The molecule has 0 aliphatic rings. The molecule has 1 aromatic heterocycles. The van der Waals surface area contributed by atoms with Crippen LogP contribution >= 0.6 is 23.2 Å². The average Bonchev–Trinajstić information content (AvgIpc) is 3.10. The van der Waals surface area contributed by atoms with Crippen molar-refractivity contribution in [3.63, 3.8) is 0 Å². The molecule has 0 saturated heterocycles. The second kappa shape index (κ2) is 10.3. The summed E-state index contributed by atoms with van der Waals surface area (Å²) in [5.41, 5.74) is 12.5. The molecule has 1 heterocycles. The Kier molecular flexibility index (Phi) is 7.17. The second-order valence-electron chi connectivity index (χ2n) is 7.91. The summed E-state index contributed by atoms with van der Waals surface area (Å²) in [6, 6.07) is 20.4. The van der Waals surface area contributed by atoms with Gasteiger partial charge >= 0.3 is 0 Å². The molecule has 1 atom stereocenters. The second-order valence-corrected chi connectivity index (χ2v) is 8.72. The molecule has 174 valence electrons. The van der Waals surface area contributed by atoms with Crippen LogP contribution in [0.5, 0.6) is 0 Å². The van der Waals surface area contributed by atoms with E-state index >= 15 is 0 Å². The van der Waals surface area contributed by atoms with Gasteiger partial charge in [-0.3, -0.25) is 5.41 Å². The van der Waals surface area contributed by atoms with Crippen molar-refractivity contribution >= 4 is 39.9 Å². The van der Waals surface area contributed by atoms with Gasteiger partial charge in [0.2, 0.25) is 5.62 Å². The highest BCUT2D eigenvalue weighted by Crippen LogP contribution is 2.27. The number of fused-ring (bicyclic) bond motifs is 1. The van der Waals surface area contributed by atoms with Gasteiger partial charge < -0.3 is 19.6 Å². The first kappa shape index (κ1) is 23.8. The molecule has 34 heavy (non-hydrogen) atoms. The van der Waals surface area contributed by atoms with Gasteiger partial charge in [-0.15, -0.1) is 0 Å². The van der Waals surface area contributed by atoms with Crippen LogP contribution in [0.3, 0.4) is 0 Å². The van der Waals surface area contributed by atoms with Crippen LogP contribution < -0.4 is 10.9 Å². The number of aryl methyl sites for hydroxylation is 1. The van der Waals surface area contributed by atoms with E-state index in [4.69, 9.17) is 34.1 Å². The smallest absolute Gasteiger partial charge is 0.203 e. The van der Waals surface area contributed by atoms with Gasteiger partial charge in [-0.05, 0) is 48.4 Å². The SMILES string of the molecule is Cc1ccccc1N/C=C(/Cn1c(=N)n(CC(O)c2ccc(Cl)c(Cl)c2)c2ccccc21)N=N. The zero-order valence-electron chi connectivity index (χ0n) is 18.5. The molecule has 0 bridgehead atoms. The number of imidazole rings is 1. The molecule has 4 rings (SSSR count). The maximum atomic E-state index is 10.9. The molecule has 9 heteroatoms. The fourth-order valence-corrected chi connectivity index (χ4v) is 4.12. The van der Waals surface area contributed by atoms with Crippen LogP contribution in [0.4, 0.5) is 5.69 Å². The summed E-state index contributed by atoms with van der Waals surface area (Å²) >= 11 is 12.1. The number of hydrogen-bond acceptors (Lipinski definition) is 5. The third-order valence-electron chi connectivity index (χ3n) is 5.66. The lowest BCUT2D eigenvalue weighted by Crippen LogP contribution is -2.27. The van der Waals surface area contributed by atoms with Crippen LogP contribution in [0, 0.1) is 17.9 Å².